The first kappa shape index (κ1) is 113. The topological polar surface area (TPSA) is 80.3 Å². The van der Waals surface area contributed by atoms with Crippen LogP contribution in [0.4, 0.5) is 0 Å². The highest BCUT2D eigenvalue weighted by Gasteiger charge is 2.69. The summed E-state index contributed by atoms with van der Waals surface area (Å²) in [5, 5.41) is 0. The summed E-state index contributed by atoms with van der Waals surface area (Å²) in [6.45, 7) is 71.4. The fourth-order valence-electron chi connectivity index (χ4n) is 46.4. The second-order valence-electron chi connectivity index (χ2n) is 61.7. The molecule has 0 bridgehead atoms. The van der Waals surface area contributed by atoms with Crippen LogP contribution in [-0.2, 0) is 33.3 Å². The van der Waals surface area contributed by atoms with Gasteiger partial charge in [0.1, 0.15) is 12.2 Å². The van der Waals surface area contributed by atoms with Gasteiger partial charge in [-0.2, -0.15) is 0 Å². The highest BCUT2D eigenvalue weighted by Crippen LogP contribution is 2.76. The first-order valence-corrected chi connectivity index (χ1v) is 62.9. The zero-order valence-electron chi connectivity index (χ0n) is 99.2. The van der Waals surface area contributed by atoms with Gasteiger partial charge in [0.25, 0.3) is 0 Å². The van der Waals surface area contributed by atoms with Gasteiger partial charge in [-0.15, -0.1) is 0 Å². The Labute approximate surface area is 877 Å². The maximum Gasteiger partial charge on any atom is 0.302 e. The summed E-state index contributed by atoms with van der Waals surface area (Å²) in [5.41, 5.74) is 10.6. The van der Waals surface area contributed by atoms with Gasteiger partial charge in [0.05, 0.1) is 18.3 Å². The highest BCUT2D eigenvalue weighted by molar-refractivity contribution is 5.66. The van der Waals surface area contributed by atoms with Gasteiger partial charge in [0.15, 0.2) is 0 Å². The molecule has 0 radical (unpaired) electrons. The molecule has 0 heterocycles. The molecule has 7 heteroatoms. The molecule has 812 valence electrons. The average molecular weight is 1970 g/mol. The minimum atomic E-state index is -0.117. The number of hydrogen-bond acceptors (Lipinski definition) is 7. The lowest BCUT2D eigenvalue weighted by atomic mass is 9.41. The van der Waals surface area contributed by atoms with Gasteiger partial charge in [0, 0.05) is 41.6 Å². The van der Waals surface area contributed by atoms with Crippen LogP contribution in [-0.4, -0.2) is 63.8 Å². The van der Waals surface area contributed by atoms with E-state index in [9.17, 15) is 9.59 Å². The van der Waals surface area contributed by atoms with E-state index in [1.165, 1.54) is 282 Å². The Morgan fingerprint density at radius 1 is 0.303 bits per heavy atom. The van der Waals surface area contributed by atoms with Crippen LogP contribution in [0.25, 0.3) is 0 Å². The molecular weight excluding hydrogens is 1730 g/mol. The summed E-state index contributed by atoms with van der Waals surface area (Å²) in [7, 11) is 5.78. The molecule has 0 saturated heterocycles. The van der Waals surface area contributed by atoms with Gasteiger partial charge < -0.3 is 23.7 Å². The summed E-state index contributed by atoms with van der Waals surface area (Å²) in [5.74, 6) is 29.1. The second-order valence-corrected chi connectivity index (χ2v) is 61.7. The standard InChI is InChI=1S/C29H50O.C27H46O2.C27H44O2.C26H46O.C26H44O/c1-19(2)9-10-20(3)22-12-13-23-21-11-14-25-27(4,5)26(30-8)16-18-29(25,7)24(21)15-17-28(22,23)6;2*1-17(2)15-18(3)23-9-10-24-22-8-7-20-16-21(29-19(4)28)11-13-26(20,5)25(22)12-14-27(23,24)6;2*1-17(2)15-18(3)22-9-10-23-21-8-7-19-16-20(27-6)11-13-25(19,4)24(21)12-14-26(22,23)5/h9,20-26H,10-18H2,1-8H3;17-18,20-25H,7-16H2,1-6H3;7,17-18,21-25H,8-16H2,1-6H3;17-24H,7-16H2,1-6H3;7,17-18,20-24H,8-16H2,1-6H3. The van der Waals surface area contributed by atoms with Crippen molar-refractivity contribution in [2.75, 3.05) is 21.3 Å². The lowest BCUT2D eigenvalue weighted by Crippen LogP contribution is -2.59. The minimum absolute atomic E-state index is 0.0896. The molecule has 0 aromatic rings. The Kier molecular flexibility index (Phi) is 35.0. The Balaban J connectivity index is 0.000000128. The lowest BCUT2D eigenvalue weighted by Gasteiger charge is -2.65. The Hall–Kier alpha value is -1.96. The molecule has 0 N–H and O–H groups in total. The fraction of sp³-hybridized carbons (Fsp3) is 0.941. The van der Waals surface area contributed by atoms with Crippen molar-refractivity contribution in [1.82, 2.24) is 0 Å². The van der Waals surface area contributed by atoms with E-state index in [-0.39, 0.29) is 24.1 Å². The van der Waals surface area contributed by atoms with Crippen LogP contribution in [0.3, 0.4) is 0 Å². The van der Waals surface area contributed by atoms with E-state index in [4.69, 9.17) is 23.7 Å². The van der Waals surface area contributed by atoms with Crippen molar-refractivity contribution in [2.24, 2.45) is 249 Å². The van der Waals surface area contributed by atoms with Gasteiger partial charge in [-0.1, -0.05) is 208 Å². The Morgan fingerprint density at radius 3 is 0.972 bits per heavy atom. The maximum atomic E-state index is 11.5. The predicted octanol–water partition coefficient (Wildman–Crippen LogP) is 37.3. The van der Waals surface area contributed by atoms with E-state index in [0.29, 0.717) is 77.9 Å². The largest absolute Gasteiger partial charge is 0.463 e. The van der Waals surface area contributed by atoms with E-state index in [2.05, 4.69) is 205 Å². The molecule has 0 aliphatic heterocycles. The molecule has 7 nitrogen and oxygen atoms in total. The quantitative estimate of drug-likeness (QED) is 0.0887. The van der Waals surface area contributed by atoms with Crippen molar-refractivity contribution >= 4 is 11.9 Å². The van der Waals surface area contributed by atoms with Crippen molar-refractivity contribution in [3.63, 3.8) is 0 Å². The first-order valence-electron chi connectivity index (χ1n) is 62.9. The molecule has 43 atom stereocenters. The predicted molar refractivity (Wildman–Crippen MR) is 596 cm³/mol. The fourth-order valence-corrected chi connectivity index (χ4v) is 46.4. The molecule has 20 rings (SSSR count). The number of fused-ring (bicyclic) bond motifs is 25. The number of rotatable bonds is 20. The monoisotopic (exact) mass is 1960 g/mol. The number of methoxy groups -OCH3 is 3. The summed E-state index contributed by atoms with van der Waals surface area (Å²) in [6.07, 6.45) is 74.8. The van der Waals surface area contributed by atoms with Crippen molar-refractivity contribution < 1.29 is 33.3 Å². The molecule has 142 heavy (non-hydrogen) atoms. The van der Waals surface area contributed by atoms with E-state index in [1.807, 2.05) is 21.3 Å². The molecule has 20 aliphatic rings. The van der Waals surface area contributed by atoms with E-state index < -0.39 is 0 Å². The molecule has 0 aromatic heterocycles. The third-order valence-electron chi connectivity index (χ3n) is 52.6. The Morgan fingerprint density at radius 2 is 0.606 bits per heavy atom. The van der Waals surface area contributed by atoms with Crippen LogP contribution < -0.4 is 0 Å². The molecular formula is C135H230O7. The first-order chi connectivity index (χ1) is 66.9. The molecule has 0 amide bonds. The normalized spacial score (nSPS) is 47.9. The van der Waals surface area contributed by atoms with Crippen LogP contribution in [0.5, 0.6) is 0 Å². The van der Waals surface area contributed by atoms with Gasteiger partial charge in [-0.25, -0.2) is 0 Å². The van der Waals surface area contributed by atoms with Crippen LogP contribution >= 0.6 is 0 Å². The van der Waals surface area contributed by atoms with E-state index >= 15 is 0 Å². The van der Waals surface area contributed by atoms with Gasteiger partial charge in [0.2, 0.25) is 0 Å². The average Bonchev–Trinajstić information content (AvgIpc) is 1.34. The molecule has 18 fully saturated rings. The summed E-state index contributed by atoms with van der Waals surface area (Å²) in [6, 6.07) is 0. The third kappa shape index (κ3) is 21.0. The number of ether oxygens (including phenoxy) is 5. The summed E-state index contributed by atoms with van der Waals surface area (Å²) >= 11 is 0. The van der Waals surface area contributed by atoms with Crippen LogP contribution in [0.1, 0.15) is 503 Å². The third-order valence-corrected chi connectivity index (χ3v) is 52.6. The minimum Gasteiger partial charge on any atom is -0.463 e. The number of allylic oxidation sites excluding steroid dienone is 4. The van der Waals surface area contributed by atoms with Gasteiger partial charge >= 0.3 is 11.9 Å². The summed E-state index contributed by atoms with van der Waals surface area (Å²) < 4.78 is 28.8. The van der Waals surface area contributed by atoms with Crippen LogP contribution in [0.15, 0.2) is 34.9 Å². The van der Waals surface area contributed by atoms with Gasteiger partial charge in [-0.05, 0) is 558 Å². The highest BCUT2D eigenvalue weighted by atomic mass is 16.5. The van der Waals surface area contributed by atoms with E-state index in [0.717, 1.165) is 215 Å². The number of carbonyl (C=O) groups excluding carboxylic acids is 2. The van der Waals surface area contributed by atoms with Crippen molar-refractivity contribution in [3.8, 4) is 0 Å². The number of carbonyl (C=O) groups is 2. The molecule has 0 spiro atoms. The lowest BCUT2D eigenvalue weighted by molar-refractivity contribution is -0.185. The Bertz CT molecular complexity index is 4260. The SMILES string of the molecule is CC(=O)OC1CCC2(C)C(=CCC3C2CCC2(C)C(C(C)CC(C)C)CCC32)C1.CC(=O)OC1CCC2(C)C(CCC3C2CCC2(C)C(C(C)CC(C)C)CCC32)C1.COC1CCC2(C)C(=CCC3C2CCC2(C)C(C(C)CC(C)C)CCC32)C1.COC1CCC2(C)C(CCC3C2CCC2(C)C(C(C)CC(C)C)CCC32)C1.COC1CCC2(C)C3CCC4(C)C(C(C)CC=C(C)C)CCC4C3CCC2C1(C)C. The maximum absolute atomic E-state index is 11.5. The zero-order valence-corrected chi connectivity index (χ0v) is 99.2. The van der Waals surface area contributed by atoms with Crippen molar-refractivity contribution in [2.45, 2.75) is 533 Å². The zero-order chi connectivity index (χ0) is 103. The van der Waals surface area contributed by atoms with Crippen molar-refractivity contribution in [1.29, 1.82) is 0 Å². The smallest absolute Gasteiger partial charge is 0.302 e. The van der Waals surface area contributed by atoms with Crippen molar-refractivity contribution in [3.05, 3.63) is 34.9 Å². The molecule has 18 saturated carbocycles. The molecule has 20 aliphatic carbocycles. The second kappa shape index (κ2) is 44.1. The van der Waals surface area contributed by atoms with Crippen LogP contribution in [0.2, 0.25) is 0 Å². The van der Waals surface area contributed by atoms with E-state index in [1.54, 1.807) is 25.0 Å². The summed E-state index contributed by atoms with van der Waals surface area (Å²) in [4.78, 5) is 22.9. The van der Waals surface area contributed by atoms with Crippen LogP contribution in [0, 0.1) is 249 Å². The van der Waals surface area contributed by atoms with Gasteiger partial charge in [-0.3, -0.25) is 9.59 Å². The number of hydrogen-bond donors (Lipinski definition) is 0. The molecule has 0 aromatic carbocycles. The number of esters is 2. The molecule has 43 unspecified atom stereocenters.